The summed E-state index contributed by atoms with van der Waals surface area (Å²) < 4.78 is 10.4. The number of nitrogens with zero attached hydrogens (tertiary/aromatic N) is 1. The van der Waals surface area contributed by atoms with E-state index >= 15 is 0 Å². The van der Waals surface area contributed by atoms with Gasteiger partial charge in [0.15, 0.2) is 0 Å². The number of amides is 1. The zero-order valence-electron chi connectivity index (χ0n) is 14.7. The van der Waals surface area contributed by atoms with Crippen LogP contribution in [-0.2, 0) is 14.3 Å². The van der Waals surface area contributed by atoms with Crippen LogP contribution in [0.15, 0.2) is 18.2 Å². The van der Waals surface area contributed by atoms with Gasteiger partial charge >= 0.3 is 5.97 Å². The normalized spacial score (nSPS) is 17.8. The number of methoxy groups -OCH3 is 1. The van der Waals surface area contributed by atoms with E-state index in [1.54, 1.807) is 25.1 Å². The largest absolute Gasteiger partial charge is 0.495 e. The van der Waals surface area contributed by atoms with Gasteiger partial charge in [-0.25, -0.2) is 0 Å². The van der Waals surface area contributed by atoms with E-state index in [1.165, 1.54) is 7.11 Å². The van der Waals surface area contributed by atoms with Crippen LogP contribution in [0, 0.1) is 0 Å². The fraction of sp³-hybridized carbons (Fsp3) is 0.556. The highest BCUT2D eigenvalue weighted by molar-refractivity contribution is 6.31. The number of benzene rings is 1. The zero-order valence-corrected chi connectivity index (χ0v) is 15.5. The van der Waals surface area contributed by atoms with Gasteiger partial charge in [-0.15, -0.1) is 0 Å². The summed E-state index contributed by atoms with van der Waals surface area (Å²) in [7, 11) is 1.54. The summed E-state index contributed by atoms with van der Waals surface area (Å²) >= 11 is 5.97. The average molecular weight is 369 g/mol. The number of piperidine rings is 1. The molecule has 2 rings (SSSR count). The highest BCUT2D eigenvalue weighted by Crippen LogP contribution is 2.28. The van der Waals surface area contributed by atoms with Crippen LogP contribution in [0.25, 0.3) is 0 Å². The third-order valence-corrected chi connectivity index (χ3v) is 4.47. The predicted octanol–water partition coefficient (Wildman–Crippen LogP) is 3.09. The Bertz CT molecular complexity index is 609. The highest BCUT2D eigenvalue weighted by Gasteiger charge is 2.29. The Morgan fingerprint density at radius 1 is 1.36 bits per heavy atom. The molecule has 1 aliphatic heterocycles. The van der Waals surface area contributed by atoms with Gasteiger partial charge in [0.2, 0.25) is 5.91 Å². The number of anilines is 1. The van der Waals surface area contributed by atoms with Crippen LogP contribution in [-0.4, -0.2) is 49.6 Å². The minimum atomic E-state index is -0.248. The molecule has 0 radical (unpaired) electrons. The SMILES string of the molecule is CCOC(=O)C1CCCCN1CCC(=O)Nc1cc(Cl)ccc1OC. The Kier molecular flexibility index (Phi) is 7.52. The van der Waals surface area contributed by atoms with Crippen molar-refractivity contribution in [2.45, 2.75) is 38.6 Å². The van der Waals surface area contributed by atoms with Gasteiger partial charge in [-0.05, 0) is 44.5 Å². The lowest BCUT2D eigenvalue weighted by atomic mass is 10.0. The van der Waals surface area contributed by atoms with Gasteiger partial charge in [0, 0.05) is 18.0 Å². The molecular formula is C18H25ClN2O4. The van der Waals surface area contributed by atoms with Gasteiger partial charge in [0.25, 0.3) is 0 Å². The first kappa shape index (κ1) is 19.5. The van der Waals surface area contributed by atoms with Crippen molar-refractivity contribution >= 4 is 29.2 Å². The van der Waals surface area contributed by atoms with E-state index in [-0.39, 0.29) is 24.3 Å². The molecule has 25 heavy (non-hydrogen) atoms. The van der Waals surface area contributed by atoms with Gasteiger partial charge in [-0.1, -0.05) is 18.0 Å². The number of rotatable bonds is 7. The molecule has 1 saturated heterocycles. The van der Waals surface area contributed by atoms with Gasteiger partial charge in [0.05, 0.1) is 19.4 Å². The minimum Gasteiger partial charge on any atom is -0.495 e. The van der Waals surface area contributed by atoms with E-state index < -0.39 is 0 Å². The maximum atomic E-state index is 12.3. The zero-order chi connectivity index (χ0) is 18.2. The molecule has 7 heteroatoms. The average Bonchev–Trinajstić information content (AvgIpc) is 2.60. The molecule has 0 bridgehead atoms. The standard InChI is InChI=1S/C18H25ClN2O4/c1-3-25-18(23)15-6-4-5-10-21(15)11-9-17(22)20-14-12-13(19)7-8-16(14)24-2/h7-8,12,15H,3-6,9-11H2,1-2H3,(H,20,22). The van der Waals surface area contributed by atoms with E-state index in [9.17, 15) is 9.59 Å². The minimum absolute atomic E-state index is 0.145. The van der Waals surface area contributed by atoms with E-state index in [0.717, 1.165) is 25.8 Å². The molecule has 1 aromatic carbocycles. The molecule has 0 saturated carbocycles. The van der Waals surface area contributed by atoms with Crippen molar-refractivity contribution in [2.24, 2.45) is 0 Å². The Morgan fingerprint density at radius 2 is 2.16 bits per heavy atom. The van der Waals surface area contributed by atoms with Gasteiger partial charge < -0.3 is 14.8 Å². The molecule has 1 fully saturated rings. The Labute approximate surface area is 153 Å². The third kappa shape index (κ3) is 5.61. The number of carbonyl (C=O) groups excluding carboxylic acids is 2. The van der Waals surface area contributed by atoms with E-state index in [1.807, 2.05) is 4.90 Å². The number of likely N-dealkylation sites (tertiary alicyclic amines) is 1. The highest BCUT2D eigenvalue weighted by atomic mass is 35.5. The summed E-state index contributed by atoms with van der Waals surface area (Å²) in [5.74, 6) is 0.216. The molecule has 1 amide bonds. The molecule has 0 aliphatic carbocycles. The topological polar surface area (TPSA) is 67.9 Å². The summed E-state index contributed by atoms with van der Waals surface area (Å²) in [6.07, 6.45) is 3.10. The first-order valence-electron chi connectivity index (χ1n) is 8.59. The molecule has 1 N–H and O–H groups in total. The molecule has 0 spiro atoms. The van der Waals surface area contributed by atoms with Gasteiger partial charge in [-0.3, -0.25) is 14.5 Å². The number of hydrogen-bond acceptors (Lipinski definition) is 5. The fourth-order valence-electron chi connectivity index (χ4n) is 3.00. The number of carbonyl (C=O) groups is 2. The van der Waals surface area contributed by atoms with Crippen molar-refractivity contribution in [1.29, 1.82) is 0 Å². The fourth-order valence-corrected chi connectivity index (χ4v) is 3.17. The molecule has 1 heterocycles. The second-order valence-electron chi connectivity index (χ2n) is 5.94. The molecular weight excluding hydrogens is 344 g/mol. The van der Waals surface area contributed by atoms with Crippen LogP contribution in [0.2, 0.25) is 5.02 Å². The first-order chi connectivity index (χ1) is 12.0. The third-order valence-electron chi connectivity index (χ3n) is 4.23. The maximum absolute atomic E-state index is 12.3. The van der Waals surface area contributed by atoms with E-state index in [4.69, 9.17) is 21.1 Å². The molecule has 1 aromatic rings. The molecule has 0 aromatic heterocycles. The Hall–Kier alpha value is -1.79. The van der Waals surface area contributed by atoms with Crippen LogP contribution in [0.1, 0.15) is 32.6 Å². The lowest BCUT2D eigenvalue weighted by Gasteiger charge is -2.33. The summed E-state index contributed by atoms with van der Waals surface area (Å²) in [5.41, 5.74) is 0.542. The smallest absolute Gasteiger partial charge is 0.323 e. The van der Waals surface area contributed by atoms with Crippen molar-refractivity contribution in [3.05, 3.63) is 23.2 Å². The molecule has 6 nitrogen and oxygen atoms in total. The van der Waals surface area contributed by atoms with Crippen molar-refractivity contribution in [2.75, 3.05) is 32.1 Å². The molecule has 138 valence electrons. The maximum Gasteiger partial charge on any atom is 0.323 e. The number of hydrogen-bond donors (Lipinski definition) is 1. The summed E-state index contributed by atoms with van der Waals surface area (Å²) in [6.45, 7) is 3.49. The number of nitrogens with one attached hydrogen (secondary N) is 1. The summed E-state index contributed by atoms with van der Waals surface area (Å²) in [5, 5.41) is 3.34. The van der Waals surface area contributed by atoms with Crippen LogP contribution in [0.5, 0.6) is 5.75 Å². The number of halogens is 1. The first-order valence-corrected chi connectivity index (χ1v) is 8.97. The van der Waals surface area contributed by atoms with Crippen LogP contribution >= 0.6 is 11.6 Å². The van der Waals surface area contributed by atoms with Crippen molar-refractivity contribution < 1.29 is 19.1 Å². The second-order valence-corrected chi connectivity index (χ2v) is 6.38. The predicted molar refractivity (Wildman–Crippen MR) is 97.1 cm³/mol. The lowest BCUT2D eigenvalue weighted by Crippen LogP contribution is -2.46. The van der Waals surface area contributed by atoms with E-state index in [0.29, 0.717) is 29.6 Å². The summed E-state index contributed by atoms with van der Waals surface area (Å²) in [4.78, 5) is 26.4. The Morgan fingerprint density at radius 3 is 2.88 bits per heavy atom. The van der Waals surface area contributed by atoms with Crippen molar-refractivity contribution in [3.8, 4) is 5.75 Å². The lowest BCUT2D eigenvalue weighted by molar-refractivity contribution is -0.151. The second kappa shape index (κ2) is 9.63. The quantitative estimate of drug-likeness (QED) is 0.749. The van der Waals surface area contributed by atoms with Gasteiger partial charge in [0.1, 0.15) is 11.8 Å². The van der Waals surface area contributed by atoms with Crippen LogP contribution < -0.4 is 10.1 Å². The van der Waals surface area contributed by atoms with Crippen molar-refractivity contribution in [1.82, 2.24) is 4.90 Å². The van der Waals surface area contributed by atoms with Crippen LogP contribution in [0.4, 0.5) is 5.69 Å². The van der Waals surface area contributed by atoms with E-state index in [2.05, 4.69) is 5.32 Å². The number of ether oxygens (including phenoxy) is 2. The number of esters is 1. The monoisotopic (exact) mass is 368 g/mol. The van der Waals surface area contributed by atoms with Gasteiger partial charge in [-0.2, -0.15) is 0 Å². The molecule has 1 aliphatic rings. The summed E-state index contributed by atoms with van der Waals surface area (Å²) in [6, 6.07) is 4.82. The Balaban J connectivity index is 1.92. The van der Waals surface area contributed by atoms with Crippen molar-refractivity contribution in [3.63, 3.8) is 0 Å². The molecule has 1 atom stereocenters. The molecule has 1 unspecified atom stereocenters. The van der Waals surface area contributed by atoms with Crippen LogP contribution in [0.3, 0.4) is 0 Å².